The average Bonchev–Trinajstić information content (AvgIpc) is 2.74. The quantitative estimate of drug-likeness (QED) is 0.230. The summed E-state index contributed by atoms with van der Waals surface area (Å²) in [7, 11) is 0. The van der Waals surface area contributed by atoms with E-state index in [4.69, 9.17) is 116 Å². The van der Waals surface area contributed by atoms with Crippen molar-refractivity contribution in [3.63, 3.8) is 0 Å². The molecule has 0 aliphatic carbocycles. The van der Waals surface area contributed by atoms with Crippen LogP contribution in [0, 0.1) is 0 Å². The predicted octanol–water partition coefficient (Wildman–Crippen LogP) is 10.6. The van der Waals surface area contributed by atoms with Gasteiger partial charge in [0, 0.05) is 16.7 Å². The summed E-state index contributed by atoms with van der Waals surface area (Å²) in [5.41, 5.74) is 0.814. The van der Waals surface area contributed by atoms with Crippen LogP contribution in [0.1, 0.15) is 5.69 Å². The maximum Gasteiger partial charge on any atom is 0.309 e. The van der Waals surface area contributed by atoms with E-state index >= 15 is 0 Å². The summed E-state index contributed by atoms with van der Waals surface area (Å²) >= 11 is 62.1. The standard InChI is InChI=1S/C19H5Cl10NO2/c20-10-8(11(21)15(25)18(28)14(10)24)4-1-2-5(30-6(4)3-7(31)32)9-12(22)16(26)19(29)17(27)13(9)23/h1-2H,3H2,(H,31,32). The van der Waals surface area contributed by atoms with Crippen LogP contribution in [-0.2, 0) is 11.2 Å². The number of carbonyl (C=O) groups is 1. The lowest BCUT2D eigenvalue weighted by Crippen LogP contribution is -2.06. The molecule has 3 aromatic rings. The van der Waals surface area contributed by atoms with Gasteiger partial charge < -0.3 is 5.11 Å². The number of pyridine rings is 1. The van der Waals surface area contributed by atoms with Gasteiger partial charge in [0.15, 0.2) is 0 Å². The lowest BCUT2D eigenvalue weighted by atomic mass is 10.00. The van der Waals surface area contributed by atoms with Crippen molar-refractivity contribution in [1.29, 1.82) is 0 Å². The Balaban J connectivity index is 2.36. The van der Waals surface area contributed by atoms with Crippen LogP contribution in [0.4, 0.5) is 0 Å². The summed E-state index contributed by atoms with van der Waals surface area (Å²) in [5.74, 6) is -1.18. The van der Waals surface area contributed by atoms with Crippen molar-refractivity contribution in [2.75, 3.05) is 0 Å². The van der Waals surface area contributed by atoms with Crippen LogP contribution in [0.3, 0.4) is 0 Å². The molecule has 0 aliphatic heterocycles. The van der Waals surface area contributed by atoms with E-state index in [1.807, 2.05) is 0 Å². The maximum absolute atomic E-state index is 11.6. The molecule has 1 N–H and O–H groups in total. The van der Waals surface area contributed by atoms with Crippen LogP contribution in [0.2, 0.25) is 50.2 Å². The second-order valence-corrected chi connectivity index (χ2v) is 9.93. The van der Waals surface area contributed by atoms with Crippen LogP contribution >= 0.6 is 116 Å². The van der Waals surface area contributed by atoms with Gasteiger partial charge in [-0.15, -0.1) is 0 Å². The molecule has 0 radical (unpaired) electrons. The molecule has 0 bridgehead atoms. The van der Waals surface area contributed by atoms with E-state index in [-0.39, 0.29) is 78.3 Å². The molecule has 13 heteroatoms. The van der Waals surface area contributed by atoms with Crippen LogP contribution in [0.15, 0.2) is 12.1 Å². The van der Waals surface area contributed by atoms with Crippen molar-refractivity contribution in [2.24, 2.45) is 0 Å². The van der Waals surface area contributed by atoms with E-state index < -0.39 is 12.4 Å². The highest BCUT2D eigenvalue weighted by molar-refractivity contribution is 6.57. The summed E-state index contributed by atoms with van der Waals surface area (Å²) in [4.78, 5) is 16.0. The molecule has 2 aromatic carbocycles. The Hall–Kier alpha value is -0.0400. The first-order chi connectivity index (χ1) is 14.9. The predicted molar refractivity (Wildman–Crippen MR) is 137 cm³/mol. The molecular formula is C19H5Cl10NO2. The molecule has 0 amide bonds. The first-order valence-corrected chi connectivity index (χ1v) is 11.9. The number of carboxylic acid groups (broad SMARTS) is 1. The van der Waals surface area contributed by atoms with E-state index in [1.165, 1.54) is 12.1 Å². The van der Waals surface area contributed by atoms with Gasteiger partial charge in [-0.05, 0) is 6.07 Å². The van der Waals surface area contributed by atoms with Crippen molar-refractivity contribution in [1.82, 2.24) is 4.98 Å². The molecule has 3 nitrogen and oxygen atoms in total. The number of aliphatic carboxylic acids is 1. The fourth-order valence-corrected chi connectivity index (χ4v) is 5.49. The number of benzene rings is 2. The van der Waals surface area contributed by atoms with Crippen molar-refractivity contribution < 1.29 is 9.90 Å². The van der Waals surface area contributed by atoms with Gasteiger partial charge in [0.2, 0.25) is 0 Å². The molecule has 168 valence electrons. The Morgan fingerprint density at radius 3 is 1.41 bits per heavy atom. The van der Waals surface area contributed by atoms with Gasteiger partial charge in [-0.1, -0.05) is 122 Å². The number of hydrogen-bond acceptors (Lipinski definition) is 2. The van der Waals surface area contributed by atoms with Gasteiger partial charge in [-0.3, -0.25) is 9.78 Å². The first-order valence-electron chi connectivity index (χ1n) is 8.13. The van der Waals surface area contributed by atoms with Crippen molar-refractivity contribution in [3.8, 4) is 22.4 Å². The molecule has 32 heavy (non-hydrogen) atoms. The molecular weight excluding hydrogens is 629 g/mol. The molecule has 3 rings (SSSR count). The Morgan fingerprint density at radius 2 is 1.00 bits per heavy atom. The Bertz CT molecular complexity index is 1230. The normalized spacial score (nSPS) is 11.2. The van der Waals surface area contributed by atoms with Crippen molar-refractivity contribution in [3.05, 3.63) is 68.1 Å². The Labute approximate surface area is 231 Å². The zero-order valence-corrected chi connectivity index (χ0v) is 22.5. The molecule has 0 saturated carbocycles. The van der Waals surface area contributed by atoms with E-state index in [9.17, 15) is 9.90 Å². The summed E-state index contributed by atoms with van der Waals surface area (Å²) in [6.45, 7) is 0. The van der Waals surface area contributed by atoms with Crippen LogP contribution in [-0.4, -0.2) is 16.1 Å². The number of aromatic nitrogens is 1. The lowest BCUT2D eigenvalue weighted by Gasteiger charge is -2.17. The van der Waals surface area contributed by atoms with E-state index in [2.05, 4.69) is 4.98 Å². The monoisotopic (exact) mass is 629 g/mol. The topological polar surface area (TPSA) is 50.2 Å². The highest BCUT2D eigenvalue weighted by Gasteiger charge is 2.26. The summed E-state index contributed by atoms with van der Waals surface area (Å²) in [5, 5.41) is 9.11. The largest absolute Gasteiger partial charge is 0.481 e. The highest BCUT2D eigenvalue weighted by atomic mass is 35.5. The van der Waals surface area contributed by atoms with Gasteiger partial charge in [0.1, 0.15) is 0 Å². The number of hydrogen-bond donors (Lipinski definition) is 1. The zero-order valence-electron chi connectivity index (χ0n) is 14.9. The minimum absolute atomic E-state index is 0.0127. The third-order valence-electron chi connectivity index (χ3n) is 4.24. The Morgan fingerprint density at radius 1 is 0.625 bits per heavy atom. The minimum Gasteiger partial charge on any atom is -0.481 e. The molecule has 0 aliphatic rings. The fraction of sp³-hybridized carbons (Fsp3) is 0.0526. The smallest absolute Gasteiger partial charge is 0.309 e. The van der Waals surface area contributed by atoms with Crippen LogP contribution in [0.25, 0.3) is 22.4 Å². The summed E-state index contributed by atoms with van der Waals surface area (Å²) in [6.07, 6.45) is -0.516. The number of carboxylic acids is 1. The number of halogens is 10. The molecule has 1 aromatic heterocycles. The molecule has 0 spiro atoms. The number of rotatable bonds is 4. The minimum atomic E-state index is -1.18. The van der Waals surface area contributed by atoms with E-state index in [0.29, 0.717) is 0 Å². The van der Waals surface area contributed by atoms with Gasteiger partial charge in [0.05, 0.1) is 68.0 Å². The van der Waals surface area contributed by atoms with Crippen LogP contribution < -0.4 is 0 Å². The van der Waals surface area contributed by atoms with Crippen molar-refractivity contribution in [2.45, 2.75) is 6.42 Å². The molecule has 1 heterocycles. The third kappa shape index (κ3) is 4.72. The SMILES string of the molecule is O=C(O)Cc1nc(-c2c(Cl)c(Cl)c(Cl)c(Cl)c2Cl)ccc1-c1c(Cl)c(Cl)c(Cl)c(Cl)c1Cl. The van der Waals surface area contributed by atoms with Gasteiger partial charge in [-0.25, -0.2) is 0 Å². The molecule has 0 atom stereocenters. The maximum atomic E-state index is 11.6. The van der Waals surface area contributed by atoms with Gasteiger partial charge >= 0.3 is 5.97 Å². The second-order valence-electron chi connectivity index (χ2n) is 6.15. The Kier molecular flexibility index (Phi) is 8.54. The van der Waals surface area contributed by atoms with E-state index in [1.54, 1.807) is 0 Å². The first kappa shape index (κ1) is 26.6. The molecule has 0 unspecified atom stereocenters. The lowest BCUT2D eigenvalue weighted by molar-refractivity contribution is -0.136. The summed E-state index contributed by atoms with van der Waals surface area (Å²) < 4.78 is 0. The van der Waals surface area contributed by atoms with Gasteiger partial charge in [0.25, 0.3) is 0 Å². The van der Waals surface area contributed by atoms with Gasteiger partial charge in [-0.2, -0.15) is 0 Å². The molecule has 0 fully saturated rings. The number of nitrogens with zero attached hydrogens (tertiary/aromatic N) is 1. The van der Waals surface area contributed by atoms with Crippen LogP contribution in [0.5, 0.6) is 0 Å². The van der Waals surface area contributed by atoms with E-state index in [0.717, 1.165) is 0 Å². The fourth-order valence-electron chi connectivity index (χ4n) is 2.82. The zero-order chi connectivity index (χ0) is 24.1. The van der Waals surface area contributed by atoms with Crippen molar-refractivity contribution >= 4 is 122 Å². The third-order valence-corrected chi connectivity index (χ3v) is 8.79. The summed E-state index contributed by atoms with van der Waals surface area (Å²) in [6, 6.07) is 3.01. The second kappa shape index (κ2) is 10.3. The highest BCUT2D eigenvalue weighted by Crippen LogP contribution is 2.50. The average molecular weight is 634 g/mol. The molecule has 0 saturated heterocycles.